The molecular formula is C20H15N3O4S. The summed E-state index contributed by atoms with van der Waals surface area (Å²) < 4.78 is 10.1. The van der Waals surface area contributed by atoms with E-state index in [1.54, 1.807) is 12.1 Å². The highest BCUT2D eigenvalue weighted by Gasteiger charge is 2.13. The molecule has 0 unspecified atom stereocenters. The lowest BCUT2D eigenvalue weighted by molar-refractivity contribution is -0.144. The molecular weight excluding hydrogens is 378 g/mol. The Morgan fingerprint density at radius 1 is 1.07 bits per heavy atom. The van der Waals surface area contributed by atoms with Crippen LogP contribution in [0.5, 0.6) is 0 Å². The maximum atomic E-state index is 12.2. The Kier molecular flexibility index (Phi) is 5.11. The highest BCUT2D eigenvalue weighted by molar-refractivity contribution is 7.13. The van der Waals surface area contributed by atoms with Gasteiger partial charge in [-0.3, -0.25) is 9.59 Å². The summed E-state index contributed by atoms with van der Waals surface area (Å²) in [5.74, 6) is -0.297. The molecule has 0 fully saturated rings. The summed E-state index contributed by atoms with van der Waals surface area (Å²) in [5.41, 5.74) is 0.476. The largest absolute Gasteiger partial charge is 0.454 e. The number of thiophene rings is 1. The molecule has 1 N–H and O–H groups in total. The molecule has 0 aliphatic heterocycles. The molecule has 0 saturated heterocycles. The van der Waals surface area contributed by atoms with E-state index in [2.05, 4.69) is 15.5 Å². The van der Waals surface area contributed by atoms with Crippen molar-refractivity contribution >= 4 is 34.0 Å². The second kappa shape index (κ2) is 8.01. The minimum absolute atomic E-state index is 0.150. The first-order valence-electron chi connectivity index (χ1n) is 8.48. The van der Waals surface area contributed by atoms with E-state index in [4.69, 9.17) is 9.26 Å². The van der Waals surface area contributed by atoms with Crippen LogP contribution >= 0.6 is 11.3 Å². The summed E-state index contributed by atoms with van der Waals surface area (Å²) in [6.07, 6.45) is 0. The number of ether oxygens (including phenoxy) is 1. The van der Waals surface area contributed by atoms with Crippen LogP contribution in [0.2, 0.25) is 0 Å². The highest BCUT2D eigenvalue weighted by Crippen LogP contribution is 2.21. The summed E-state index contributed by atoms with van der Waals surface area (Å²) in [7, 11) is 0. The molecule has 2 aromatic heterocycles. The molecule has 0 aliphatic carbocycles. The van der Waals surface area contributed by atoms with Crippen molar-refractivity contribution in [3.8, 4) is 10.7 Å². The average molecular weight is 393 g/mol. The van der Waals surface area contributed by atoms with Crippen molar-refractivity contribution in [2.24, 2.45) is 0 Å². The SMILES string of the molecule is O=C(CNC(=O)c1ccc2ccccc2c1)OCc1nc(-c2cccs2)no1. The zero-order chi connectivity index (χ0) is 19.3. The van der Waals surface area contributed by atoms with Gasteiger partial charge in [0.25, 0.3) is 11.8 Å². The number of hydrogen-bond donors (Lipinski definition) is 1. The summed E-state index contributed by atoms with van der Waals surface area (Å²) in [4.78, 5) is 29.1. The molecule has 140 valence electrons. The quantitative estimate of drug-likeness (QED) is 0.505. The average Bonchev–Trinajstić information content (AvgIpc) is 3.41. The van der Waals surface area contributed by atoms with Gasteiger partial charge in [-0.1, -0.05) is 41.6 Å². The molecule has 2 heterocycles. The third-order valence-electron chi connectivity index (χ3n) is 3.97. The van der Waals surface area contributed by atoms with Crippen LogP contribution in [-0.4, -0.2) is 28.6 Å². The van der Waals surface area contributed by atoms with Gasteiger partial charge in [0.2, 0.25) is 5.82 Å². The van der Waals surface area contributed by atoms with Crippen molar-refractivity contribution in [3.05, 3.63) is 71.4 Å². The fourth-order valence-corrected chi connectivity index (χ4v) is 3.25. The van der Waals surface area contributed by atoms with Crippen molar-refractivity contribution in [3.63, 3.8) is 0 Å². The standard InChI is InChI=1S/C20H15N3O4S/c24-18(26-12-17-22-19(23-27-17)16-6-3-9-28-16)11-21-20(25)15-8-7-13-4-1-2-5-14(13)10-15/h1-10H,11-12H2,(H,21,25). The fraction of sp³-hybridized carbons (Fsp3) is 0.100. The van der Waals surface area contributed by atoms with Gasteiger partial charge >= 0.3 is 5.97 Å². The normalized spacial score (nSPS) is 10.7. The predicted octanol–water partition coefficient (Wildman–Crippen LogP) is 3.42. The maximum absolute atomic E-state index is 12.2. The molecule has 4 rings (SSSR count). The first kappa shape index (κ1) is 17.9. The molecule has 0 bridgehead atoms. The van der Waals surface area contributed by atoms with Gasteiger partial charge in [-0.15, -0.1) is 11.3 Å². The number of aromatic nitrogens is 2. The Morgan fingerprint density at radius 3 is 2.75 bits per heavy atom. The van der Waals surface area contributed by atoms with Crippen molar-refractivity contribution in [2.75, 3.05) is 6.54 Å². The Hall–Kier alpha value is -3.52. The molecule has 7 nitrogen and oxygen atoms in total. The van der Waals surface area contributed by atoms with Gasteiger partial charge in [0.05, 0.1) is 4.88 Å². The van der Waals surface area contributed by atoms with E-state index >= 15 is 0 Å². The zero-order valence-corrected chi connectivity index (χ0v) is 15.4. The lowest BCUT2D eigenvalue weighted by Gasteiger charge is -2.06. The third-order valence-corrected chi connectivity index (χ3v) is 4.84. The van der Waals surface area contributed by atoms with Gasteiger partial charge in [-0.05, 0) is 34.4 Å². The molecule has 2 aromatic carbocycles. The van der Waals surface area contributed by atoms with E-state index in [0.717, 1.165) is 15.6 Å². The van der Waals surface area contributed by atoms with E-state index in [0.29, 0.717) is 11.4 Å². The van der Waals surface area contributed by atoms with Crippen LogP contribution in [0.15, 0.2) is 64.5 Å². The number of hydrogen-bond acceptors (Lipinski definition) is 7. The van der Waals surface area contributed by atoms with Gasteiger partial charge < -0.3 is 14.6 Å². The van der Waals surface area contributed by atoms with Crippen molar-refractivity contribution in [1.82, 2.24) is 15.5 Å². The maximum Gasteiger partial charge on any atom is 0.325 e. The second-order valence-electron chi connectivity index (χ2n) is 5.89. The number of rotatable bonds is 6. The number of carbonyl (C=O) groups is 2. The number of fused-ring (bicyclic) bond motifs is 1. The van der Waals surface area contributed by atoms with Gasteiger partial charge in [0.15, 0.2) is 6.61 Å². The number of esters is 1. The van der Waals surface area contributed by atoms with Crippen LogP contribution < -0.4 is 5.32 Å². The van der Waals surface area contributed by atoms with E-state index < -0.39 is 5.97 Å². The van der Waals surface area contributed by atoms with Crippen LogP contribution in [0.3, 0.4) is 0 Å². The van der Waals surface area contributed by atoms with Crippen LogP contribution in [0.4, 0.5) is 0 Å². The Balaban J connectivity index is 1.28. The van der Waals surface area contributed by atoms with Crippen molar-refractivity contribution < 1.29 is 18.8 Å². The highest BCUT2D eigenvalue weighted by atomic mass is 32.1. The fourth-order valence-electron chi connectivity index (χ4n) is 2.60. The minimum atomic E-state index is -0.593. The van der Waals surface area contributed by atoms with E-state index in [9.17, 15) is 9.59 Å². The van der Waals surface area contributed by atoms with Crippen LogP contribution in [0.1, 0.15) is 16.2 Å². The zero-order valence-electron chi connectivity index (χ0n) is 14.6. The summed E-state index contributed by atoms with van der Waals surface area (Å²) >= 11 is 1.48. The minimum Gasteiger partial charge on any atom is -0.454 e. The van der Waals surface area contributed by atoms with E-state index in [1.807, 2.05) is 47.8 Å². The number of carbonyl (C=O) groups excluding carboxylic acids is 2. The van der Waals surface area contributed by atoms with E-state index in [-0.39, 0.29) is 24.9 Å². The van der Waals surface area contributed by atoms with Gasteiger partial charge in [-0.2, -0.15) is 4.98 Å². The molecule has 1 amide bonds. The Bertz CT molecular complexity index is 1120. The molecule has 28 heavy (non-hydrogen) atoms. The first-order chi connectivity index (χ1) is 13.7. The number of benzene rings is 2. The predicted molar refractivity (Wildman–Crippen MR) is 104 cm³/mol. The summed E-state index contributed by atoms with van der Waals surface area (Å²) in [5, 5.41) is 10.3. The van der Waals surface area contributed by atoms with Crippen molar-refractivity contribution in [1.29, 1.82) is 0 Å². The topological polar surface area (TPSA) is 94.3 Å². The number of nitrogens with zero attached hydrogens (tertiary/aromatic N) is 2. The number of nitrogens with one attached hydrogen (secondary N) is 1. The monoisotopic (exact) mass is 393 g/mol. The molecule has 0 radical (unpaired) electrons. The Labute approximate surface area is 163 Å². The molecule has 0 saturated carbocycles. The lowest BCUT2D eigenvalue weighted by Crippen LogP contribution is -2.30. The van der Waals surface area contributed by atoms with Crippen LogP contribution in [0.25, 0.3) is 21.5 Å². The molecule has 8 heteroatoms. The molecule has 0 aliphatic rings. The van der Waals surface area contributed by atoms with Gasteiger partial charge in [0, 0.05) is 5.56 Å². The first-order valence-corrected chi connectivity index (χ1v) is 9.36. The van der Waals surface area contributed by atoms with Crippen LogP contribution in [0, 0.1) is 0 Å². The summed E-state index contributed by atoms with van der Waals surface area (Å²) in [6.45, 7) is -0.402. The Morgan fingerprint density at radius 2 is 1.93 bits per heavy atom. The van der Waals surface area contributed by atoms with E-state index in [1.165, 1.54) is 11.3 Å². The molecule has 0 spiro atoms. The van der Waals surface area contributed by atoms with Gasteiger partial charge in [-0.25, -0.2) is 0 Å². The second-order valence-corrected chi connectivity index (χ2v) is 6.84. The van der Waals surface area contributed by atoms with Crippen molar-refractivity contribution in [2.45, 2.75) is 6.61 Å². The lowest BCUT2D eigenvalue weighted by atomic mass is 10.1. The summed E-state index contributed by atoms with van der Waals surface area (Å²) in [6, 6.07) is 16.8. The number of amides is 1. The van der Waals surface area contributed by atoms with Crippen LogP contribution in [-0.2, 0) is 16.1 Å². The molecule has 4 aromatic rings. The smallest absolute Gasteiger partial charge is 0.325 e. The molecule has 0 atom stereocenters. The van der Waals surface area contributed by atoms with Gasteiger partial charge in [0.1, 0.15) is 6.54 Å². The third kappa shape index (κ3) is 4.07.